The lowest BCUT2D eigenvalue weighted by molar-refractivity contribution is 0.0557. The molecule has 1 unspecified atom stereocenters. The van der Waals surface area contributed by atoms with Crippen molar-refractivity contribution in [1.82, 2.24) is 0 Å². The molecule has 1 heterocycles. The predicted octanol–water partition coefficient (Wildman–Crippen LogP) is 2.93. The van der Waals surface area contributed by atoms with Crippen LogP contribution in [0.3, 0.4) is 0 Å². The molecule has 5 heteroatoms. The van der Waals surface area contributed by atoms with Crippen LogP contribution < -0.4 is 0 Å². The highest BCUT2D eigenvalue weighted by atomic mass is 35.7. The second kappa shape index (κ2) is 5.69. The van der Waals surface area contributed by atoms with E-state index in [1.807, 2.05) is 0 Å². The first-order valence-electron chi connectivity index (χ1n) is 5.97. The van der Waals surface area contributed by atoms with Gasteiger partial charge in [0.15, 0.2) is 0 Å². The lowest BCUT2D eigenvalue weighted by atomic mass is 9.74. The molecule has 0 bridgehead atoms. The Morgan fingerprint density at radius 1 is 1.31 bits per heavy atom. The molecule has 0 amide bonds. The van der Waals surface area contributed by atoms with E-state index >= 15 is 0 Å². The Morgan fingerprint density at radius 2 is 1.88 bits per heavy atom. The molecule has 1 aliphatic rings. The van der Waals surface area contributed by atoms with Gasteiger partial charge < -0.3 is 4.74 Å². The fraction of sp³-hybridized carbons (Fsp3) is 1.00. The van der Waals surface area contributed by atoms with E-state index in [0.717, 1.165) is 32.1 Å². The Hall–Kier alpha value is 0.200. The molecular formula is C11H21ClO3S. The fourth-order valence-electron chi connectivity index (χ4n) is 2.84. The zero-order valence-corrected chi connectivity index (χ0v) is 11.6. The van der Waals surface area contributed by atoms with Crippen molar-refractivity contribution in [1.29, 1.82) is 0 Å². The van der Waals surface area contributed by atoms with Crippen LogP contribution in [0.2, 0.25) is 0 Å². The zero-order valence-electron chi connectivity index (χ0n) is 10.0. The van der Waals surface area contributed by atoms with Crippen LogP contribution in [-0.4, -0.2) is 26.9 Å². The topological polar surface area (TPSA) is 43.4 Å². The van der Waals surface area contributed by atoms with Crippen molar-refractivity contribution < 1.29 is 13.2 Å². The van der Waals surface area contributed by atoms with Crippen molar-refractivity contribution >= 4 is 19.7 Å². The quantitative estimate of drug-likeness (QED) is 0.696. The van der Waals surface area contributed by atoms with Crippen LogP contribution in [-0.2, 0) is 13.8 Å². The molecular weight excluding hydrogens is 248 g/mol. The van der Waals surface area contributed by atoms with E-state index in [1.54, 1.807) is 0 Å². The summed E-state index contributed by atoms with van der Waals surface area (Å²) in [7, 11) is 1.87. The van der Waals surface area contributed by atoms with Crippen LogP contribution in [0.25, 0.3) is 0 Å². The largest absolute Gasteiger partial charge is 0.377 e. The zero-order chi connectivity index (χ0) is 12.2. The highest BCUT2D eigenvalue weighted by Crippen LogP contribution is 2.44. The van der Waals surface area contributed by atoms with E-state index in [-0.39, 0.29) is 17.3 Å². The molecule has 1 saturated heterocycles. The summed E-state index contributed by atoms with van der Waals surface area (Å²) >= 11 is 0. The summed E-state index contributed by atoms with van der Waals surface area (Å²) in [5.74, 6) is -0.0471. The third-order valence-corrected chi connectivity index (χ3v) is 4.53. The van der Waals surface area contributed by atoms with Gasteiger partial charge in [-0.15, -0.1) is 0 Å². The second-order valence-electron chi connectivity index (χ2n) is 4.68. The smallest absolute Gasteiger partial charge is 0.235 e. The number of rotatable bonds is 6. The molecule has 0 radical (unpaired) electrons. The van der Waals surface area contributed by atoms with E-state index in [1.165, 1.54) is 0 Å². The van der Waals surface area contributed by atoms with Crippen molar-refractivity contribution in [2.24, 2.45) is 5.41 Å². The van der Waals surface area contributed by atoms with Crippen LogP contribution in [0, 0.1) is 5.41 Å². The van der Waals surface area contributed by atoms with Crippen LogP contribution in [0.15, 0.2) is 0 Å². The Kier molecular flexibility index (Phi) is 5.08. The molecule has 1 aliphatic heterocycles. The highest BCUT2D eigenvalue weighted by molar-refractivity contribution is 8.13. The number of halogens is 1. The maximum absolute atomic E-state index is 11.2. The molecule has 3 nitrogen and oxygen atoms in total. The average Bonchev–Trinajstić information content (AvgIpc) is 2.48. The van der Waals surface area contributed by atoms with E-state index in [9.17, 15) is 8.42 Å². The molecule has 0 aromatic heterocycles. The van der Waals surface area contributed by atoms with Crippen molar-refractivity contribution in [2.75, 3.05) is 12.4 Å². The van der Waals surface area contributed by atoms with E-state index in [0.29, 0.717) is 6.61 Å². The van der Waals surface area contributed by atoms with Gasteiger partial charge in [-0.25, -0.2) is 8.42 Å². The first kappa shape index (κ1) is 14.3. The average molecular weight is 269 g/mol. The Balaban J connectivity index is 2.80. The van der Waals surface area contributed by atoms with E-state index in [4.69, 9.17) is 15.4 Å². The van der Waals surface area contributed by atoms with E-state index < -0.39 is 9.05 Å². The summed E-state index contributed by atoms with van der Waals surface area (Å²) in [6, 6.07) is 0. The molecule has 96 valence electrons. The summed E-state index contributed by atoms with van der Waals surface area (Å²) in [4.78, 5) is 0. The van der Waals surface area contributed by atoms with Crippen molar-refractivity contribution in [3.05, 3.63) is 0 Å². The standard InChI is InChI=1S/C11H21ClO3S/c1-3-5-11(6-4-2)7-8-15-10(11)9-16(12,13)14/h10H,3-9H2,1-2H3. The van der Waals surface area contributed by atoms with Gasteiger partial charge in [-0.1, -0.05) is 26.7 Å². The van der Waals surface area contributed by atoms with Crippen LogP contribution in [0.1, 0.15) is 46.0 Å². The molecule has 0 saturated carbocycles. The number of hydrogen-bond acceptors (Lipinski definition) is 3. The van der Waals surface area contributed by atoms with Gasteiger partial charge in [-0.05, 0) is 24.7 Å². The van der Waals surface area contributed by atoms with Crippen molar-refractivity contribution in [3.8, 4) is 0 Å². The maximum atomic E-state index is 11.2. The van der Waals surface area contributed by atoms with Crippen LogP contribution in [0.4, 0.5) is 0 Å². The highest BCUT2D eigenvalue weighted by Gasteiger charge is 2.44. The molecule has 0 aromatic carbocycles. The monoisotopic (exact) mass is 268 g/mol. The molecule has 0 N–H and O–H groups in total. The molecule has 0 aliphatic carbocycles. The minimum atomic E-state index is -3.47. The Bertz CT molecular complexity index is 307. The van der Waals surface area contributed by atoms with Crippen molar-refractivity contribution in [2.45, 2.75) is 52.1 Å². The van der Waals surface area contributed by atoms with Gasteiger partial charge in [0.05, 0.1) is 11.9 Å². The van der Waals surface area contributed by atoms with E-state index in [2.05, 4.69) is 13.8 Å². The summed E-state index contributed by atoms with van der Waals surface area (Å²) < 4.78 is 27.9. The third-order valence-electron chi connectivity index (χ3n) is 3.45. The summed E-state index contributed by atoms with van der Waals surface area (Å²) in [6.45, 7) is 4.92. The van der Waals surface area contributed by atoms with Crippen molar-refractivity contribution in [3.63, 3.8) is 0 Å². The molecule has 0 aromatic rings. The first-order valence-corrected chi connectivity index (χ1v) is 8.45. The number of hydrogen-bond donors (Lipinski definition) is 0. The van der Waals surface area contributed by atoms with Crippen LogP contribution in [0.5, 0.6) is 0 Å². The maximum Gasteiger partial charge on any atom is 0.235 e. The fourth-order valence-corrected chi connectivity index (χ4v) is 4.00. The van der Waals surface area contributed by atoms with Gasteiger partial charge in [0.1, 0.15) is 0 Å². The first-order chi connectivity index (χ1) is 7.43. The summed E-state index contributed by atoms with van der Waals surface area (Å²) in [6.07, 6.45) is 4.92. The second-order valence-corrected chi connectivity index (χ2v) is 7.50. The molecule has 1 rings (SSSR count). The lowest BCUT2D eigenvalue weighted by Gasteiger charge is -2.33. The Morgan fingerprint density at radius 3 is 2.31 bits per heavy atom. The lowest BCUT2D eigenvalue weighted by Crippen LogP contribution is -2.35. The SMILES string of the molecule is CCCC1(CCC)CCOC1CS(=O)(=O)Cl. The minimum Gasteiger partial charge on any atom is -0.377 e. The molecule has 0 spiro atoms. The minimum absolute atomic E-state index is 0.0332. The normalized spacial score (nSPS) is 24.8. The van der Waals surface area contributed by atoms with Gasteiger partial charge in [0.2, 0.25) is 9.05 Å². The predicted molar refractivity (Wildman–Crippen MR) is 66.2 cm³/mol. The van der Waals surface area contributed by atoms with Crippen LogP contribution >= 0.6 is 10.7 Å². The number of ether oxygens (including phenoxy) is 1. The van der Waals surface area contributed by atoms with Gasteiger partial charge >= 0.3 is 0 Å². The molecule has 1 atom stereocenters. The van der Waals surface area contributed by atoms with Gasteiger partial charge in [0.25, 0.3) is 0 Å². The Labute approximate surface area is 103 Å². The molecule has 16 heavy (non-hydrogen) atoms. The van der Waals surface area contributed by atoms with Gasteiger partial charge in [-0.3, -0.25) is 0 Å². The van der Waals surface area contributed by atoms with Gasteiger partial charge in [-0.2, -0.15) is 0 Å². The molecule has 1 fully saturated rings. The summed E-state index contributed by atoms with van der Waals surface area (Å²) in [5, 5.41) is 0. The van der Waals surface area contributed by atoms with Gasteiger partial charge in [0, 0.05) is 17.3 Å². The third kappa shape index (κ3) is 3.60. The summed E-state index contributed by atoms with van der Waals surface area (Å²) in [5.41, 5.74) is 0.0332.